The molecule has 0 fully saturated rings. The Morgan fingerprint density at radius 3 is 2.63 bits per heavy atom. The second kappa shape index (κ2) is 7.09. The molecule has 1 unspecified atom stereocenters. The summed E-state index contributed by atoms with van der Waals surface area (Å²) in [6, 6.07) is 0.116. The molecule has 0 aliphatic heterocycles. The number of nitrogens with zero attached hydrogens (tertiary/aromatic N) is 2. The Morgan fingerprint density at radius 2 is 2.11 bits per heavy atom. The Bertz CT molecular complexity index is 379. The molecule has 0 bridgehead atoms. The van der Waals surface area contributed by atoms with Crippen LogP contribution < -0.4 is 10.2 Å². The van der Waals surface area contributed by atoms with Gasteiger partial charge in [-0.15, -0.1) is 11.3 Å². The van der Waals surface area contributed by atoms with Crippen molar-refractivity contribution in [3.8, 4) is 0 Å². The first-order valence-corrected chi connectivity index (χ1v) is 7.19. The summed E-state index contributed by atoms with van der Waals surface area (Å²) in [5.41, 5.74) is 0. The van der Waals surface area contributed by atoms with Gasteiger partial charge in [0, 0.05) is 23.7 Å². The largest absolute Gasteiger partial charge is 0.406 e. The molecule has 110 valence electrons. The third kappa shape index (κ3) is 5.36. The number of halogens is 3. The van der Waals surface area contributed by atoms with Crippen molar-refractivity contribution in [1.82, 2.24) is 10.3 Å². The molecular weight excluding hydrogens is 275 g/mol. The van der Waals surface area contributed by atoms with E-state index in [1.807, 2.05) is 20.8 Å². The molecule has 0 radical (unpaired) electrons. The number of hydrogen-bond acceptors (Lipinski definition) is 4. The lowest BCUT2D eigenvalue weighted by Crippen LogP contribution is -2.34. The molecule has 0 amide bonds. The third-order valence-electron chi connectivity index (χ3n) is 2.58. The molecule has 1 N–H and O–H groups in total. The van der Waals surface area contributed by atoms with Crippen LogP contribution in [-0.2, 0) is 0 Å². The van der Waals surface area contributed by atoms with Crippen molar-refractivity contribution < 1.29 is 13.2 Å². The summed E-state index contributed by atoms with van der Waals surface area (Å²) >= 11 is 1.32. The molecular formula is C12H20F3N3S. The van der Waals surface area contributed by atoms with E-state index in [0.717, 1.165) is 11.4 Å². The predicted octanol–water partition coefficient (Wildman–Crippen LogP) is 3.59. The fourth-order valence-corrected chi connectivity index (χ4v) is 2.73. The van der Waals surface area contributed by atoms with Crippen LogP contribution in [0.1, 0.15) is 38.1 Å². The average Bonchev–Trinajstić information content (AvgIpc) is 2.76. The fourth-order valence-electron chi connectivity index (χ4n) is 1.76. The fraction of sp³-hybridized carbons (Fsp3) is 0.750. The first-order chi connectivity index (χ1) is 8.87. The summed E-state index contributed by atoms with van der Waals surface area (Å²) in [5, 5.41) is 3.67. The Morgan fingerprint density at radius 1 is 1.42 bits per heavy atom. The van der Waals surface area contributed by atoms with E-state index in [2.05, 4.69) is 10.3 Å². The van der Waals surface area contributed by atoms with Gasteiger partial charge in [-0.3, -0.25) is 0 Å². The monoisotopic (exact) mass is 295 g/mol. The number of thiazole rings is 1. The molecule has 1 aromatic rings. The van der Waals surface area contributed by atoms with Crippen LogP contribution >= 0.6 is 11.3 Å². The quantitative estimate of drug-likeness (QED) is 0.833. The maximum absolute atomic E-state index is 12.5. The van der Waals surface area contributed by atoms with Crippen molar-refractivity contribution in [1.29, 1.82) is 0 Å². The number of alkyl halides is 3. The first-order valence-electron chi connectivity index (χ1n) is 6.38. The summed E-state index contributed by atoms with van der Waals surface area (Å²) in [6.45, 7) is 6.07. The molecule has 1 aromatic heterocycles. The van der Waals surface area contributed by atoms with Gasteiger partial charge < -0.3 is 10.2 Å². The van der Waals surface area contributed by atoms with Gasteiger partial charge in [-0.05, 0) is 19.9 Å². The van der Waals surface area contributed by atoms with E-state index >= 15 is 0 Å². The summed E-state index contributed by atoms with van der Waals surface area (Å²) in [5.74, 6) is 0. The molecule has 0 spiro atoms. The van der Waals surface area contributed by atoms with Crippen LogP contribution in [0.2, 0.25) is 0 Å². The van der Waals surface area contributed by atoms with Crippen LogP contribution in [0.4, 0.5) is 18.3 Å². The van der Waals surface area contributed by atoms with E-state index in [1.54, 1.807) is 6.20 Å². The summed E-state index contributed by atoms with van der Waals surface area (Å²) in [4.78, 5) is 6.38. The van der Waals surface area contributed by atoms with Crippen molar-refractivity contribution in [3.63, 3.8) is 0 Å². The zero-order valence-corrected chi connectivity index (χ0v) is 12.2. The van der Waals surface area contributed by atoms with Gasteiger partial charge in [0.05, 0.1) is 0 Å². The van der Waals surface area contributed by atoms with Crippen LogP contribution in [0.15, 0.2) is 6.20 Å². The SMILES string of the molecule is CCCN(CC(F)(F)F)c1ncc(C(C)NCC)s1. The maximum Gasteiger partial charge on any atom is 0.406 e. The van der Waals surface area contributed by atoms with E-state index in [0.29, 0.717) is 18.1 Å². The normalized spacial score (nSPS) is 13.6. The highest BCUT2D eigenvalue weighted by molar-refractivity contribution is 7.15. The van der Waals surface area contributed by atoms with Crippen molar-refractivity contribution in [2.45, 2.75) is 39.4 Å². The molecule has 0 aromatic carbocycles. The highest BCUT2D eigenvalue weighted by atomic mass is 32.1. The molecule has 19 heavy (non-hydrogen) atoms. The molecule has 1 heterocycles. The lowest BCUT2D eigenvalue weighted by molar-refractivity contribution is -0.119. The lowest BCUT2D eigenvalue weighted by Gasteiger charge is -2.22. The maximum atomic E-state index is 12.5. The molecule has 0 aliphatic carbocycles. The minimum Gasteiger partial charge on any atom is -0.339 e. The zero-order valence-electron chi connectivity index (χ0n) is 11.4. The van der Waals surface area contributed by atoms with E-state index in [-0.39, 0.29) is 6.04 Å². The van der Waals surface area contributed by atoms with Crippen LogP contribution in [0.3, 0.4) is 0 Å². The molecule has 0 saturated carbocycles. The predicted molar refractivity (Wildman–Crippen MR) is 72.8 cm³/mol. The molecule has 1 atom stereocenters. The first kappa shape index (κ1) is 16.2. The number of hydrogen-bond donors (Lipinski definition) is 1. The standard InChI is InChI=1S/C12H20F3N3S/c1-4-6-18(8-12(13,14)15)11-17-7-10(19-11)9(3)16-5-2/h7,9,16H,4-6,8H2,1-3H3. The topological polar surface area (TPSA) is 28.2 Å². The Balaban J connectivity index is 2.80. The summed E-state index contributed by atoms with van der Waals surface area (Å²) < 4.78 is 37.6. The zero-order chi connectivity index (χ0) is 14.5. The third-order valence-corrected chi connectivity index (χ3v) is 3.82. The van der Waals surface area contributed by atoms with Crippen LogP contribution in [-0.4, -0.2) is 30.8 Å². The molecule has 0 aliphatic rings. The smallest absolute Gasteiger partial charge is 0.339 e. The van der Waals surface area contributed by atoms with E-state index < -0.39 is 12.7 Å². The van der Waals surface area contributed by atoms with Gasteiger partial charge in [0.25, 0.3) is 0 Å². The van der Waals surface area contributed by atoms with Crippen LogP contribution in [0, 0.1) is 0 Å². The van der Waals surface area contributed by atoms with Crippen molar-refractivity contribution >= 4 is 16.5 Å². The molecule has 1 rings (SSSR count). The summed E-state index contributed by atoms with van der Waals surface area (Å²) in [7, 11) is 0. The number of nitrogens with one attached hydrogen (secondary N) is 1. The second-order valence-electron chi connectivity index (χ2n) is 4.36. The van der Waals surface area contributed by atoms with E-state index in [9.17, 15) is 13.2 Å². The highest BCUT2D eigenvalue weighted by Crippen LogP contribution is 2.29. The Hall–Kier alpha value is -0.820. The Labute approximate surface area is 115 Å². The number of anilines is 1. The van der Waals surface area contributed by atoms with E-state index in [4.69, 9.17) is 0 Å². The van der Waals surface area contributed by atoms with Gasteiger partial charge >= 0.3 is 6.18 Å². The number of rotatable bonds is 7. The van der Waals surface area contributed by atoms with Gasteiger partial charge in [0.15, 0.2) is 5.13 Å². The van der Waals surface area contributed by atoms with Crippen LogP contribution in [0.25, 0.3) is 0 Å². The van der Waals surface area contributed by atoms with Gasteiger partial charge in [-0.25, -0.2) is 4.98 Å². The van der Waals surface area contributed by atoms with Crippen molar-refractivity contribution in [2.75, 3.05) is 24.5 Å². The van der Waals surface area contributed by atoms with Gasteiger partial charge in [0.2, 0.25) is 0 Å². The van der Waals surface area contributed by atoms with Gasteiger partial charge in [-0.1, -0.05) is 13.8 Å². The van der Waals surface area contributed by atoms with E-state index in [1.165, 1.54) is 16.2 Å². The summed E-state index contributed by atoms with van der Waals surface area (Å²) in [6.07, 6.45) is -1.88. The second-order valence-corrected chi connectivity index (χ2v) is 5.40. The van der Waals surface area contributed by atoms with Gasteiger partial charge in [-0.2, -0.15) is 13.2 Å². The molecule has 0 saturated heterocycles. The minimum absolute atomic E-state index is 0.116. The molecule has 7 heteroatoms. The van der Waals surface area contributed by atoms with Crippen molar-refractivity contribution in [3.05, 3.63) is 11.1 Å². The average molecular weight is 295 g/mol. The number of aromatic nitrogens is 1. The minimum atomic E-state index is -4.20. The molecule has 3 nitrogen and oxygen atoms in total. The van der Waals surface area contributed by atoms with Crippen LogP contribution in [0.5, 0.6) is 0 Å². The highest BCUT2D eigenvalue weighted by Gasteiger charge is 2.31. The Kier molecular flexibility index (Phi) is 6.06. The lowest BCUT2D eigenvalue weighted by atomic mass is 10.3. The van der Waals surface area contributed by atoms with Crippen molar-refractivity contribution in [2.24, 2.45) is 0 Å². The van der Waals surface area contributed by atoms with Gasteiger partial charge in [0.1, 0.15) is 6.54 Å².